The highest BCUT2D eigenvalue weighted by Crippen LogP contribution is 2.40. The Morgan fingerprint density at radius 2 is 1.45 bits per heavy atom. The van der Waals surface area contributed by atoms with Crippen LogP contribution in [0.5, 0.6) is 0 Å². The van der Waals surface area contributed by atoms with Crippen LogP contribution in [0.15, 0.2) is 60.7 Å². The van der Waals surface area contributed by atoms with Crippen molar-refractivity contribution >= 4 is 30.4 Å². The van der Waals surface area contributed by atoms with Gasteiger partial charge in [0.25, 0.3) is 8.32 Å². The molecule has 2 heterocycles. The molecule has 29 heavy (non-hydrogen) atoms. The quantitative estimate of drug-likeness (QED) is 0.732. The molecular formula is C24H29NO3Si. The molecule has 2 aromatic rings. The maximum Gasteiger partial charge on any atom is 0.261 e. The summed E-state index contributed by atoms with van der Waals surface area (Å²) in [5.74, 6) is 0.230. The molecular weight excluding hydrogens is 378 g/mol. The number of benzene rings is 2. The molecule has 0 bridgehead atoms. The van der Waals surface area contributed by atoms with Gasteiger partial charge in [0.2, 0.25) is 5.91 Å². The molecule has 2 aliphatic heterocycles. The number of carbonyl (C=O) groups is 2. The molecule has 0 saturated carbocycles. The van der Waals surface area contributed by atoms with Gasteiger partial charge in [-0.25, -0.2) is 0 Å². The first-order valence-electron chi connectivity index (χ1n) is 10.5. The minimum Gasteiger partial charge on any atom is -0.402 e. The Balaban J connectivity index is 1.83. The Bertz CT molecular complexity index is 852. The molecule has 0 radical (unpaired) electrons. The Kier molecular flexibility index (Phi) is 5.21. The second kappa shape index (κ2) is 7.54. The van der Waals surface area contributed by atoms with Crippen LogP contribution in [-0.2, 0) is 14.0 Å². The zero-order chi connectivity index (χ0) is 20.6. The van der Waals surface area contributed by atoms with E-state index < -0.39 is 14.4 Å². The molecule has 0 spiro atoms. The fraction of sp³-hybridized carbons (Fsp3) is 0.417. The van der Waals surface area contributed by atoms with Crippen LogP contribution in [0.3, 0.4) is 0 Å². The minimum atomic E-state index is -2.73. The monoisotopic (exact) mass is 407 g/mol. The second-order valence-electron chi connectivity index (χ2n) is 9.11. The Morgan fingerprint density at radius 3 is 1.97 bits per heavy atom. The first-order valence-corrected chi connectivity index (χ1v) is 12.4. The zero-order valence-corrected chi connectivity index (χ0v) is 18.4. The van der Waals surface area contributed by atoms with Crippen LogP contribution >= 0.6 is 0 Å². The van der Waals surface area contributed by atoms with Gasteiger partial charge in [-0.05, 0) is 21.8 Å². The van der Waals surface area contributed by atoms with E-state index in [1.807, 2.05) is 12.1 Å². The highest BCUT2D eigenvalue weighted by atomic mass is 28.4. The molecule has 2 atom stereocenters. The van der Waals surface area contributed by atoms with Gasteiger partial charge in [-0.1, -0.05) is 81.4 Å². The molecule has 0 N–H and O–H groups in total. The lowest BCUT2D eigenvalue weighted by molar-refractivity contribution is -0.144. The summed E-state index contributed by atoms with van der Waals surface area (Å²) in [6.45, 7) is 7.32. The largest absolute Gasteiger partial charge is 0.402 e. The van der Waals surface area contributed by atoms with Crippen molar-refractivity contribution in [2.24, 2.45) is 0 Å². The summed E-state index contributed by atoms with van der Waals surface area (Å²) in [5.41, 5.74) is 0. The molecule has 2 saturated heterocycles. The molecule has 4 nitrogen and oxygen atoms in total. The van der Waals surface area contributed by atoms with Crippen LogP contribution in [0.1, 0.15) is 40.0 Å². The van der Waals surface area contributed by atoms with E-state index in [1.54, 1.807) is 4.90 Å². The van der Waals surface area contributed by atoms with E-state index in [9.17, 15) is 9.59 Å². The van der Waals surface area contributed by atoms with Gasteiger partial charge >= 0.3 is 0 Å². The van der Waals surface area contributed by atoms with E-state index in [0.717, 1.165) is 0 Å². The summed E-state index contributed by atoms with van der Waals surface area (Å²) in [4.78, 5) is 26.9. The number of carbonyl (C=O) groups excluding carboxylic acids is 2. The molecule has 4 rings (SSSR count). The molecule has 1 amide bonds. The van der Waals surface area contributed by atoms with Crippen LogP contribution in [0.4, 0.5) is 0 Å². The van der Waals surface area contributed by atoms with E-state index >= 15 is 0 Å². The minimum absolute atomic E-state index is 0.0862. The van der Waals surface area contributed by atoms with Crippen molar-refractivity contribution in [1.82, 2.24) is 4.90 Å². The molecule has 2 aromatic carbocycles. The van der Waals surface area contributed by atoms with E-state index in [2.05, 4.69) is 69.3 Å². The van der Waals surface area contributed by atoms with Gasteiger partial charge in [0.1, 0.15) is 6.04 Å². The zero-order valence-electron chi connectivity index (χ0n) is 17.4. The fourth-order valence-corrected chi connectivity index (χ4v) is 9.70. The maximum absolute atomic E-state index is 12.8. The lowest BCUT2D eigenvalue weighted by Gasteiger charge is -2.45. The van der Waals surface area contributed by atoms with Crippen molar-refractivity contribution in [3.63, 3.8) is 0 Å². The topological polar surface area (TPSA) is 46.6 Å². The van der Waals surface area contributed by atoms with Gasteiger partial charge in [-0.3, -0.25) is 9.59 Å². The molecule has 2 fully saturated rings. The highest BCUT2D eigenvalue weighted by molar-refractivity contribution is 6.99. The second-order valence-corrected chi connectivity index (χ2v) is 13.4. The third-order valence-corrected chi connectivity index (χ3v) is 11.4. The van der Waals surface area contributed by atoms with E-state index in [0.29, 0.717) is 25.8 Å². The Labute approximate surface area is 174 Å². The first kappa shape index (κ1) is 20.0. The summed E-state index contributed by atoms with van der Waals surface area (Å²) in [7, 11) is -2.73. The van der Waals surface area contributed by atoms with E-state index in [4.69, 9.17) is 4.43 Å². The fourth-order valence-electron chi connectivity index (χ4n) is 4.99. The molecule has 152 valence electrons. The Morgan fingerprint density at radius 1 is 0.897 bits per heavy atom. The van der Waals surface area contributed by atoms with Gasteiger partial charge < -0.3 is 9.33 Å². The first-order chi connectivity index (χ1) is 13.8. The molecule has 2 aliphatic rings. The molecule has 5 heteroatoms. The number of rotatable bonds is 4. The summed E-state index contributed by atoms with van der Waals surface area (Å²) < 4.78 is 7.15. The number of ketones is 1. The number of nitrogens with zero attached hydrogens (tertiary/aromatic N) is 1. The Hall–Kier alpha value is -2.24. The van der Waals surface area contributed by atoms with Crippen LogP contribution in [0.2, 0.25) is 5.04 Å². The number of fused-ring (bicyclic) bond motifs is 1. The number of hydrogen-bond acceptors (Lipinski definition) is 3. The van der Waals surface area contributed by atoms with Gasteiger partial charge in [-0.15, -0.1) is 0 Å². The normalized spacial score (nSPS) is 22.7. The number of amides is 1. The van der Waals surface area contributed by atoms with Crippen molar-refractivity contribution in [2.45, 2.75) is 57.2 Å². The third-order valence-electron chi connectivity index (χ3n) is 6.32. The van der Waals surface area contributed by atoms with Crippen molar-refractivity contribution in [3.05, 3.63) is 60.7 Å². The van der Waals surface area contributed by atoms with Gasteiger partial charge in [-0.2, -0.15) is 0 Å². The van der Waals surface area contributed by atoms with E-state index in [1.165, 1.54) is 10.4 Å². The summed E-state index contributed by atoms with van der Waals surface area (Å²) in [6, 6.07) is 20.5. The summed E-state index contributed by atoms with van der Waals surface area (Å²) in [5, 5.41) is 2.25. The molecule has 0 unspecified atom stereocenters. The van der Waals surface area contributed by atoms with E-state index in [-0.39, 0.29) is 22.8 Å². The van der Waals surface area contributed by atoms with Crippen molar-refractivity contribution in [2.75, 3.05) is 6.54 Å². The number of hydrogen-bond donors (Lipinski definition) is 0. The lowest BCUT2D eigenvalue weighted by Crippen LogP contribution is -2.69. The van der Waals surface area contributed by atoms with Gasteiger partial charge in [0.05, 0.1) is 6.10 Å². The predicted octanol–water partition coefficient (Wildman–Crippen LogP) is 2.90. The average Bonchev–Trinajstić information content (AvgIpc) is 3.14. The third kappa shape index (κ3) is 3.36. The SMILES string of the molecule is CC(C)(C)[Si](O[C@H]1CCN2C(=O)CCC(=O)[C@H]12)(c1ccccc1)c1ccccc1. The average molecular weight is 408 g/mol. The van der Waals surface area contributed by atoms with Gasteiger partial charge in [0.15, 0.2) is 5.78 Å². The van der Waals surface area contributed by atoms with Gasteiger partial charge in [0, 0.05) is 19.4 Å². The maximum atomic E-state index is 12.8. The van der Waals surface area contributed by atoms with Crippen LogP contribution in [0.25, 0.3) is 0 Å². The number of Topliss-reactive ketones (excluding diaryl/α,β-unsaturated/α-hetero) is 1. The van der Waals surface area contributed by atoms with Crippen molar-refractivity contribution in [1.29, 1.82) is 0 Å². The van der Waals surface area contributed by atoms with Crippen LogP contribution in [0, 0.1) is 0 Å². The van der Waals surface area contributed by atoms with Crippen LogP contribution in [-0.4, -0.2) is 43.6 Å². The number of piperidine rings is 1. The molecule has 0 aromatic heterocycles. The smallest absolute Gasteiger partial charge is 0.261 e. The lowest BCUT2D eigenvalue weighted by atomic mass is 9.99. The summed E-state index contributed by atoms with van der Waals surface area (Å²) >= 11 is 0. The highest BCUT2D eigenvalue weighted by Gasteiger charge is 2.55. The predicted molar refractivity (Wildman–Crippen MR) is 117 cm³/mol. The van der Waals surface area contributed by atoms with Crippen LogP contribution < -0.4 is 10.4 Å². The van der Waals surface area contributed by atoms with Crippen molar-refractivity contribution in [3.8, 4) is 0 Å². The van der Waals surface area contributed by atoms with Crippen molar-refractivity contribution < 1.29 is 14.0 Å². The molecule has 0 aliphatic carbocycles. The summed E-state index contributed by atoms with van der Waals surface area (Å²) in [6.07, 6.45) is 1.13. The standard InChI is InChI=1S/C24H29NO3Si/c1-24(2,3)29(18-10-6-4-7-11-18,19-12-8-5-9-13-19)28-21-16-17-25-22(27)15-14-20(26)23(21)25/h4-13,21,23H,14-17H2,1-3H3/t21-,23+/m0/s1.